The van der Waals surface area contributed by atoms with Crippen molar-refractivity contribution in [1.82, 2.24) is 0 Å². The van der Waals surface area contributed by atoms with Crippen molar-refractivity contribution in [3.05, 3.63) is 59.2 Å². The van der Waals surface area contributed by atoms with Crippen molar-refractivity contribution in [1.29, 1.82) is 0 Å². The highest BCUT2D eigenvalue weighted by molar-refractivity contribution is 5.37. The van der Waals surface area contributed by atoms with Gasteiger partial charge in [0.15, 0.2) is 0 Å². The van der Waals surface area contributed by atoms with Crippen LogP contribution < -0.4 is 9.47 Å². The molecule has 0 unspecified atom stereocenters. The first-order valence-corrected chi connectivity index (χ1v) is 8.68. The zero-order chi connectivity index (χ0) is 17.7. The number of ether oxygens (including phenoxy) is 2. The molecule has 0 bridgehead atoms. The minimum atomic E-state index is 0.118. The molecule has 2 nitrogen and oxygen atoms in total. The van der Waals surface area contributed by atoms with Crippen LogP contribution in [0.5, 0.6) is 11.5 Å². The first-order chi connectivity index (χ1) is 11.4. The molecule has 0 amide bonds. The fourth-order valence-corrected chi connectivity index (χ4v) is 2.92. The van der Waals surface area contributed by atoms with E-state index in [9.17, 15) is 0 Å². The van der Waals surface area contributed by atoms with Crippen LogP contribution >= 0.6 is 0 Å². The summed E-state index contributed by atoms with van der Waals surface area (Å²) < 4.78 is 10.7. The van der Waals surface area contributed by atoms with Gasteiger partial charge in [0, 0.05) is 0 Å². The molecule has 0 fully saturated rings. The van der Waals surface area contributed by atoms with E-state index in [2.05, 4.69) is 58.0 Å². The fourth-order valence-electron chi connectivity index (χ4n) is 2.92. The van der Waals surface area contributed by atoms with Crippen molar-refractivity contribution in [2.75, 3.05) is 14.2 Å². The van der Waals surface area contributed by atoms with Gasteiger partial charge in [-0.1, -0.05) is 45.9 Å². The van der Waals surface area contributed by atoms with Gasteiger partial charge in [0.1, 0.15) is 11.5 Å². The molecular weight excluding hydrogens is 296 g/mol. The van der Waals surface area contributed by atoms with Crippen LogP contribution in [-0.4, -0.2) is 14.2 Å². The Hall–Kier alpha value is -1.96. The quantitative estimate of drug-likeness (QED) is 0.646. The summed E-state index contributed by atoms with van der Waals surface area (Å²) in [5.41, 5.74) is 4.15. The maximum absolute atomic E-state index is 5.47. The van der Waals surface area contributed by atoms with Gasteiger partial charge in [0.2, 0.25) is 0 Å². The lowest BCUT2D eigenvalue weighted by atomic mass is 9.79. The van der Waals surface area contributed by atoms with Crippen LogP contribution in [0.4, 0.5) is 0 Å². The molecule has 130 valence electrons. The minimum Gasteiger partial charge on any atom is -0.497 e. The third kappa shape index (κ3) is 4.53. The predicted molar refractivity (Wildman–Crippen MR) is 101 cm³/mol. The first kappa shape index (κ1) is 18.4. The molecule has 2 aromatic rings. The van der Waals surface area contributed by atoms with Crippen molar-refractivity contribution in [2.45, 2.75) is 51.9 Å². The van der Waals surface area contributed by atoms with Crippen molar-refractivity contribution in [3.63, 3.8) is 0 Å². The summed E-state index contributed by atoms with van der Waals surface area (Å²) in [4.78, 5) is 0. The Morgan fingerprint density at radius 1 is 0.875 bits per heavy atom. The van der Waals surface area contributed by atoms with Crippen LogP contribution in [0.15, 0.2) is 42.5 Å². The molecule has 0 N–H and O–H groups in total. The fraction of sp³-hybridized carbons (Fsp3) is 0.455. The van der Waals surface area contributed by atoms with Gasteiger partial charge in [-0.3, -0.25) is 0 Å². The van der Waals surface area contributed by atoms with E-state index in [4.69, 9.17) is 9.47 Å². The molecule has 0 saturated heterocycles. The van der Waals surface area contributed by atoms with E-state index >= 15 is 0 Å². The molecular formula is C22H30O2. The lowest BCUT2D eigenvalue weighted by Crippen LogP contribution is -2.18. The molecule has 2 aromatic carbocycles. The summed E-state index contributed by atoms with van der Waals surface area (Å²) in [5, 5.41) is 0. The number of methoxy groups -OCH3 is 2. The molecule has 0 atom stereocenters. The summed E-state index contributed by atoms with van der Waals surface area (Å²) in [6.07, 6.45) is 2.12. The zero-order valence-electron chi connectivity index (χ0n) is 15.8. The second-order valence-electron chi connectivity index (χ2n) is 7.38. The smallest absolute Gasteiger partial charge is 0.119 e. The minimum absolute atomic E-state index is 0.118. The Kier molecular flexibility index (Phi) is 5.93. The monoisotopic (exact) mass is 326 g/mol. The number of aryl methyl sites for hydroxylation is 1. The van der Waals surface area contributed by atoms with E-state index in [1.807, 2.05) is 12.1 Å². The van der Waals surface area contributed by atoms with Gasteiger partial charge in [-0.2, -0.15) is 0 Å². The molecule has 0 aliphatic rings. The van der Waals surface area contributed by atoms with Crippen LogP contribution in [0, 0.1) is 0 Å². The maximum atomic E-state index is 5.47. The summed E-state index contributed by atoms with van der Waals surface area (Å²) in [6, 6.07) is 15.0. The lowest BCUT2D eigenvalue weighted by molar-refractivity contribution is 0.412. The van der Waals surface area contributed by atoms with Gasteiger partial charge in [-0.05, 0) is 65.1 Å². The molecule has 0 spiro atoms. The van der Waals surface area contributed by atoms with E-state index in [1.165, 1.54) is 16.7 Å². The Labute approximate surface area is 146 Å². The standard InChI is InChI=1S/C22H30O2/c1-16(2)18-13-17(14-21(15-18)24-6)11-12-22(3,4)19-7-9-20(23-5)10-8-19/h7-10,13-16H,11-12H2,1-6H3. The highest BCUT2D eigenvalue weighted by Crippen LogP contribution is 2.31. The normalized spacial score (nSPS) is 11.6. The van der Waals surface area contributed by atoms with Gasteiger partial charge in [-0.15, -0.1) is 0 Å². The van der Waals surface area contributed by atoms with Crippen LogP contribution in [0.2, 0.25) is 0 Å². The van der Waals surface area contributed by atoms with Crippen LogP contribution in [0.3, 0.4) is 0 Å². The van der Waals surface area contributed by atoms with Gasteiger partial charge < -0.3 is 9.47 Å². The van der Waals surface area contributed by atoms with Gasteiger partial charge in [-0.25, -0.2) is 0 Å². The number of hydrogen-bond donors (Lipinski definition) is 0. The summed E-state index contributed by atoms with van der Waals surface area (Å²) in [5.74, 6) is 2.37. The summed E-state index contributed by atoms with van der Waals surface area (Å²) in [7, 11) is 3.44. The molecule has 2 heteroatoms. The number of hydrogen-bond acceptors (Lipinski definition) is 2. The van der Waals surface area contributed by atoms with Crippen molar-refractivity contribution < 1.29 is 9.47 Å². The van der Waals surface area contributed by atoms with Crippen LogP contribution in [0.1, 0.15) is 56.7 Å². The van der Waals surface area contributed by atoms with Crippen molar-refractivity contribution in [3.8, 4) is 11.5 Å². The van der Waals surface area contributed by atoms with E-state index in [0.717, 1.165) is 24.3 Å². The Balaban J connectivity index is 2.14. The number of rotatable bonds is 7. The number of benzene rings is 2. The first-order valence-electron chi connectivity index (χ1n) is 8.68. The molecule has 0 aliphatic heterocycles. The average Bonchev–Trinajstić information content (AvgIpc) is 2.59. The maximum Gasteiger partial charge on any atom is 0.119 e. The summed E-state index contributed by atoms with van der Waals surface area (Å²) >= 11 is 0. The second kappa shape index (κ2) is 7.74. The van der Waals surface area contributed by atoms with Gasteiger partial charge >= 0.3 is 0 Å². The molecule has 0 heterocycles. The zero-order valence-corrected chi connectivity index (χ0v) is 15.8. The highest BCUT2D eigenvalue weighted by atomic mass is 16.5. The Morgan fingerprint density at radius 3 is 2.04 bits per heavy atom. The van der Waals surface area contributed by atoms with Gasteiger partial charge in [0.05, 0.1) is 14.2 Å². The molecule has 0 aliphatic carbocycles. The van der Waals surface area contributed by atoms with E-state index in [-0.39, 0.29) is 5.41 Å². The van der Waals surface area contributed by atoms with Crippen molar-refractivity contribution in [2.24, 2.45) is 0 Å². The van der Waals surface area contributed by atoms with Gasteiger partial charge in [0.25, 0.3) is 0 Å². The third-order valence-corrected chi connectivity index (χ3v) is 4.80. The van der Waals surface area contributed by atoms with E-state index in [1.54, 1.807) is 14.2 Å². The SMILES string of the molecule is COc1ccc(C(C)(C)CCc2cc(OC)cc(C(C)C)c2)cc1. The average molecular weight is 326 g/mol. The van der Waals surface area contributed by atoms with Crippen molar-refractivity contribution >= 4 is 0 Å². The highest BCUT2D eigenvalue weighted by Gasteiger charge is 2.20. The van der Waals surface area contributed by atoms with E-state index < -0.39 is 0 Å². The molecule has 24 heavy (non-hydrogen) atoms. The molecule has 0 aromatic heterocycles. The second-order valence-corrected chi connectivity index (χ2v) is 7.38. The molecule has 0 saturated carbocycles. The van der Waals surface area contributed by atoms with Crippen LogP contribution in [-0.2, 0) is 11.8 Å². The molecule has 2 rings (SSSR count). The lowest BCUT2D eigenvalue weighted by Gasteiger charge is -2.26. The van der Waals surface area contributed by atoms with Crippen LogP contribution in [0.25, 0.3) is 0 Å². The topological polar surface area (TPSA) is 18.5 Å². The Morgan fingerprint density at radius 2 is 1.50 bits per heavy atom. The summed E-state index contributed by atoms with van der Waals surface area (Å²) in [6.45, 7) is 9.05. The molecule has 0 radical (unpaired) electrons. The van der Waals surface area contributed by atoms with E-state index in [0.29, 0.717) is 5.92 Å². The third-order valence-electron chi connectivity index (χ3n) is 4.80. The largest absolute Gasteiger partial charge is 0.497 e. The Bertz CT molecular complexity index is 654. The predicted octanol–water partition coefficient (Wildman–Crippen LogP) is 5.74.